The highest BCUT2D eigenvalue weighted by molar-refractivity contribution is 9.10. The summed E-state index contributed by atoms with van der Waals surface area (Å²) in [6.45, 7) is 2.39. The van der Waals surface area contributed by atoms with Crippen molar-refractivity contribution < 1.29 is 14.0 Å². The molecule has 0 bridgehead atoms. The number of hydrogen-bond acceptors (Lipinski definition) is 2. The van der Waals surface area contributed by atoms with E-state index in [1.165, 1.54) is 13.0 Å². The van der Waals surface area contributed by atoms with Crippen molar-refractivity contribution in [2.45, 2.75) is 19.4 Å². The summed E-state index contributed by atoms with van der Waals surface area (Å²) >= 11 is 3.06. The summed E-state index contributed by atoms with van der Waals surface area (Å²) in [5.74, 6) is -1.00. The second-order valence-corrected chi connectivity index (χ2v) is 5.39. The Morgan fingerprint density at radius 3 is 2.89 bits per heavy atom. The lowest BCUT2D eigenvalue weighted by molar-refractivity contribution is -0.119. The van der Waals surface area contributed by atoms with E-state index in [1.807, 2.05) is 0 Å². The van der Waals surface area contributed by atoms with E-state index in [4.69, 9.17) is 0 Å². The molecule has 4 nitrogen and oxygen atoms in total. The SMILES string of the molecule is CC(=O)NC1CCN(C(=O)c2cccc(Br)c2F)C1. The lowest BCUT2D eigenvalue weighted by Crippen LogP contribution is -2.37. The molecule has 0 saturated carbocycles. The fourth-order valence-corrected chi connectivity index (χ4v) is 2.56. The Bertz CT molecular complexity index is 521. The van der Waals surface area contributed by atoms with E-state index >= 15 is 0 Å². The number of hydrogen-bond donors (Lipinski definition) is 1. The van der Waals surface area contributed by atoms with Gasteiger partial charge in [-0.2, -0.15) is 0 Å². The third kappa shape index (κ3) is 3.12. The van der Waals surface area contributed by atoms with Crippen LogP contribution in [-0.4, -0.2) is 35.8 Å². The smallest absolute Gasteiger partial charge is 0.256 e. The van der Waals surface area contributed by atoms with Gasteiger partial charge in [0.05, 0.1) is 10.0 Å². The van der Waals surface area contributed by atoms with Crippen molar-refractivity contribution in [2.75, 3.05) is 13.1 Å². The van der Waals surface area contributed by atoms with Gasteiger partial charge in [-0.3, -0.25) is 9.59 Å². The molecule has 6 heteroatoms. The van der Waals surface area contributed by atoms with Crippen LogP contribution in [0, 0.1) is 5.82 Å². The van der Waals surface area contributed by atoms with Crippen LogP contribution in [0.1, 0.15) is 23.7 Å². The average Bonchev–Trinajstić information content (AvgIpc) is 2.79. The first-order valence-corrected chi connectivity index (χ1v) is 6.78. The molecule has 2 rings (SSSR count). The van der Waals surface area contributed by atoms with Gasteiger partial charge in [0.25, 0.3) is 5.91 Å². The highest BCUT2D eigenvalue weighted by atomic mass is 79.9. The summed E-state index contributed by atoms with van der Waals surface area (Å²) in [6.07, 6.45) is 0.695. The molecule has 0 spiro atoms. The molecule has 1 heterocycles. The van der Waals surface area contributed by atoms with Gasteiger partial charge in [0.1, 0.15) is 5.82 Å². The lowest BCUT2D eigenvalue weighted by atomic mass is 10.2. The fraction of sp³-hybridized carbons (Fsp3) is 0.385. The van der Waals surface area contributed by atoms with Gasteiger partial charge in [0.15, 0.2) is 0 Å². The van der Waals surface area contributed by atoms with Gasteiger partial charge in [0.2, 0.25) is 5.91 Å². The summed E-state index contributed by atoms with van der Waals surface area (Å²) < 4.78 is 14.1. The van der Waals surface area contributed by atoms with Crippen LogP contribution in [0.25, 0.3) is 0 Å². The van der Waals surface area contributed by atoms with Crippen molar-refractivity contribution in [3.8, 4) is 0 Å². The Labute approximate surface area is 119 Å². The summed E-state index contributed by atoms with van der Waals surface area (Å²) in [7, 11) is 0. The first kappa shape index (κ1) is 14.0. The van der Waals surface area contributed by atoms with Crippen LogP contribution >= 0.6 is 15.9 Å². The van der Waals surface area contributed by atoms with Gasteiger partial charge >= 0.3 is 0 Å². The molecular weight excluding hydrogens is 315 g/mol. The van der Waals surface area contributed by atoms with Crippen molar-refractivity contribution in [3.05, 3.63) is 34.1 Å². The molecule has 102 valence electrons. The summed E-state index contributed by atoms with van der Waals surface area (Å²) in [4.78, 5) is 24.7. The van der Waals surface area contributed by atoms with Crippen molar-refractivity contribution in [1.82, 2.24) is 10.2 Å². The Kier molecular flexibility index (Phi) is 4.19. The largest absolute Gasteiger partial charge is 0.352 e. The second kappa shape index (κ2) is 5.69. The Morgan fingerprint density at radius 2 is 2.21 bits per heavy atom. The molecule has 0 aliphatic carbocycles. The Hall–Kier alpha value is -1.43. The number of halogens is 2. The molecule has 1 aromatic carbocycles. The van der Waals surface area contributed by atoms with Gasteiger partial charge in [0, 0.05) is 26.1 Å². The van der Waals surface area contributed by atoms with E-state index in [9.17, 15) is 14.0 Å². The second-order valence-electron chi connectivity index (χ2n) is 4.54. The van der Waals surface area contributed by atoms with Gasteiger partial charge in [-0.25, -0.2) is 4.39 Å². The van der Waals surface area contributed by atoms with E-state index in [-0.39, 0.29) is 27.9 Å². The molecule has 1 aromatic rings. The third-order valence-corrected chi connectivity index (χ3v) is 3.68. The molecule has 1 aliphatic heterocycles. The number of likely N-dealkylation sites (tertiary alicyclic amines) is 1. The highest BCUT2D eigenvalue weighted by Crippen LogP contribution is 2.21. The number of nitrogens with zero attached hydrogens (tertiary/aromatic N) is 1. The summed E-state index contributed by atoms with van der Waals surface area (Å²) in [6, 6.07) is 4.60. The molecule has 1 atom stereocenters. The van der Waals surface area contributed by atoms with Crippen molar-refractivity contribution in [3.63, 3.8) is 0 Å². The van der Waals surface area contributed by atoms with Crippen LogP contribution in [0.2, 0.25) is 0 Å². The molecule has 1 saturated heterocycles. The number of amides is 2. The number of rotatable bonds is 2. The van der Waals surface area contributed by atoms with Gasteiger partial charge in [-0.15, -0.1) is 0 Å². The lowest BCUT2D eigenvalue weighted by Gasteiger charge is -2.17. The van der Waals surface area contributed by atoms with E-state index in [0.717, 1.165) is 0 Å². The van der Waals surface area contributed by atoms with Crippen molar-refractivity contribution in [2.24, 2.45) is 0 Å². The molecule has 0 aromatic heterocycles. The Balaban J connectivity index is 2.09. The van der Waals surface area contributed by atoms with Gasteiger partial charge in [-0.1, -0.05) is 6.07 Å². The molecular formula is C13H14BrFN2O2. The topological polar surface area (TPSA) is 49.4 Å². The zero-order chi connectivity index (χ0) is 14.0. The van der Waals surface area contributed by atoms with E-state index in [1.54, 1.807) is 17.0 Å². The number of nitrogens with one attached hydrogen (secondary N) is 1. The zero-order valence-electron chi connectivity index (χ0n) is 10.5. The van der Waals surface area contributed by atoms with E-state index in [2.05, 4.69) is 21.2 Å². The van der Waals surface area contributed by atoms with Crippen LogP contribution in [-0.2, 0) is 4.79 Å². The monoisotopic (exact) mass is 328 g/mol. The maximum atomic E-state index is 13.8. The maximum absolute atomic E-state index is 13.8. The first-order chi connectivity index (χ1) is 8.99. The Morgan fingerprint density at radius 1 is 1.47 bits per heavy atom. The zero-order valence-corrected chi connectivity index (χ0v) is 12.0. The highest BCUT2D eigenvalue weighted by Gasteiger charge is 2.28. The molecule has 19 heavy (non-hydrogen) atoms. The predicted octanol–water partition coefficient (Wildman–Crippen LogP) is 1.94. The molecule has 0 radical (unpaired) electrons. The standard InChI is InChI=1S/C13H14BrFN2O2/c1-8(18)16-9-5-6-17(7-9)13(19)10-3-2-4-11(14)12(10)15/h2-4,9H,5-7H2,1H3,(H,16,18). The average molecular weight is 329 g/mol. The minimum Gasteiger partial charge on any atom is -0.352 e. The molecule has 1 fully saturated rings. The van der Waals surface area contributed by atoms with Gasteiger partial charge < -0.3 is 10.2 Å². The minimum atomic E-state index is -0.546. The normalized spacial score (nSPS) is 18.5. The molecule has 2 amide bonds. The van der Waals surface area contributed by atoms with Gasteiger partial charge in [-0.05, 0) is 34.5 Å². The molecule has 1 unspecified atom stereocenters. The third-order valence-electron chi connectivity index (χ3n) is 3.06. The minimum absolute atomic E-state index is 0.0448. The van der Waals surface area contributed by atoms with Crippen LogP contribution in [0.4, 0.5) is 4.39 Å². The van der Waals surface area contributed by atoms with E-state index in [0.29, 0.717) is 19.5 Å². The van der Waals surface area contributed by atoms with E-state index < -0.39 is 5.82 Å². The summed E-state index contributed by atoms with van der Waals surface area (Å²) in [5.41, 5.74) is 0.0536. The van der Waals surface area contributed by atoms with Crippen LogP contribution in [0.5, 0.6) is 0 Å². The van der Waals surface area contributed by atoms with Crippen LogP contribution in [0.3, 0.4) is 0 Å². The van der Waals surface area contributed by atoms with Crippen LogP contribution in [0.15, 0.2) is 22.7 Å². The van der Waals surface area contributed by atoms with Crippen LogP contribution < -0.4 is 5.32 Å². The fourth-order valence-electron chi connectivity index (χ4n) is 2.19. The molecule has 1 N–H and O–H groups in total. The number of benzene rings is 1. The predicted molar refractivity (Wildman–Crippen MR) is 72.2 cm³/mol. The quantitative estimate of drug-likeness (QED) is 0.901. The number of carbonyl (C=O) groups is 2. The molecule has 1 aliphatic rings. The number of carbonyl (C=O) groups excluding carboxylic acids is 2. The van der Waals surface area contributed by atoms with Crippen molar-refractivity contribution >= 4 is 27.7 Å². The summed E-state index contributed by atoms with van der Waals surface area (Å²) in [5, 5.41) is 2.77. The first-order valence-electron chi connectivity index (χ1n) is 5.99. The van der Waals surface area contributed by atoms with Crippen molar-refractivity contribution in [1.29, 1.82) is 0 Å². The maximum Gasteiger partial charge on any atom is 0.256 e.